The summed E-state index contributed by atoms with van der Waals surface area (Å²) in [5.41, 5.74) is 3.36. The van der Waals surface area contributed by atoms with Gasteiger partial charge in [-0.25, -0.2) is 8.42 Å². The number of carbonyl (C=O) groups excluding carboxylic acids is 2. The van der Waals surface area contributed by atoms with Gasteiger partial charge in [0.15, 0.2) is 0 Å². The third-order valence-electron chi connectivity index (χ3n) is 6.14. The van der Waals surface area contributed by atoms with Crippen LogP contribution in [0.2, 0.25) is 0 Å². The van der Waals surface area contributed by atoms with Crippen molar-refractivity contribution >= 4 is 33.2 Å². The Morgan fingerprint density at radius 3 is 2.30 bits per heavy atom. The molecule has 0 saturated carbocycles. The van der Waals surface area contributed by atoms with E-state index in [0.717, 1.165) is 29.7 Å². The molecule has 1 saturated heterocycles. The number of hydrogen-bond donors (Lipinski definition) is 2. The molecule has 1 aliphatic heterocycles. The van der Waals surface area contributed by atoms with E-state index in [2.05, 4.69) is 10.6 Å². The maximum Gasteiger partial charge on any atom is 0.243 e. The molecule has 2 aromatic carbocycles. The Hall–Kier alpha value is -2.75. The molecule has 178 valence electrons. The summed E-state index contributed by atoms with van der Waals surface area (Å²) < 4.78 is 26.8. The fourth-order valence-corrected chi connectivity index (χ4v) is 5.19. The molecule has 33 heavy (non-hydrogen) atoms. The fraction of sp³-hybridized carbons (Fsp3) is 0.417. The lowest BCUT2D eigenvalue weighted by Crippen LogP contribution is -2.43. The van der Waals surface area contributed by atoms with Crippen molar-refractivity contribution in [2.75, 3.05) is 37.3 Å². The lowest BCUT2D eigenvalue weighted by Gasteiger charge is -2.23. The molecule has 1 heterocycles. The number of carbonyl (C=O) groups is 2. The zero-order valence-corrected chi connectivity index (χ0v) is 20.4. The van der Waals surface area contributed by atoms with E-state index in [1.54, 1.807) is 31.0 Å². The first-order valence-corrected chi connectivity index (χ1v) is 12.5. The largest absolute Gasteiger partial charge is 0.325 e. The van der Waals surface area contributed by atoms with Crippen LogP contribution in [0.1, 0.15) is 30.9 Å². The second-order valence-electron chi connectivity index (χ2n) is 8.51. The molecule has 9 heteroatoms. The first kappa shape index (κ1) is 24.9. The van der Waals surface area contributed by atoms with Gasteiger partial charge in [0.25, 0.3) is 0 Å². The van der Waals surface area contributed by atoms with Crippen LogP contribution < -0.4 is 10.6 Å². The molecule has 1 fully saturated rings. The summed E-state index contributed by atoms with van der Waals surface area (Å²) in [5.74, 6) is -0.491. The molecule has 0 aromatic heterocycles. The monoisotopic (exact) mass is 472 g/mol. The van der Waals surface area contributed by atoms with Crippen molar-refractivity contribution in [3.63, 3.8) is 0 Å². The van der Waals surface area contributed by atoms with Crippen molar-refractivity contribution in [3.8, 4) is 0 Å². The Labute approximate surface area is 196 Å². The van der Waals surface area contributed by atoms with Crippen LogP contribution >= 0.6 is 0 Å². The topological polar surface area (TPSA) is 98.8 Å². The Balaban J connectivity index is 1.56. The third kappa shape index (κ3) is 5.98. The Kier molecular flexibility index (Phi) is 7.88. The number of likely N-dealkylation sites (N-methyl/N-ethyl adjacent to an activating group) is 1. The summed E-state index contributed by atoms with van der Waals surface area (Å²) in [6, 6.07) is 11.3. The van der Waals surface area contributed by atoms with Crippen LogP contribution in [-0.2, 0) is 19.6 Å². The highest BCUT2D eigenvalue weighted by Crippen LogP contribution is 2.22. The molecule has 2 aromatic rings. The average molecular weight is 473 g/mol. The Morgan fingerprint density at radius 1 is 1.03 bits per heavy atom. The highest BCUT2D eigenvalue weighted by atomic mass is 32.2. The Morgan fingerprint density at radius 2 is 1.67 bits per heavy atom. The van der Waals surface area contributed by atoms with E-state index in [9.17, 15) is 18.0 Å². The second kappa shape index (κ2) is 10.5. The predicted octanol–water partition coefficient (Wildman–Crippen LogP) is 2.99. The number of nitrogens with one attached hydrogen (secondary N) is 2. The number of rotatable bonds is 8. The predicted molar refractivity (Wildman–Crippen MR) is 130 cm³/mol. The van der Waals surface area contributed by atoms with Crippen LogP contribution in [0.3, 0.4) is 0 Å². The van der Waals surface area contributed by atoms with E-state index in [1.165, 1.54) is 16.4 Å². The van der Waals surface area contributed by atoms with E-state index >= 15 is 0 Å². The van der Waals surface area contributed by atoms with E-state index in [-0.39, 0.29) is 23.3 Å². The van der Waals surface area contributed by atoms with Gasteiger partial charge in [-0.2, -0.15) is 4.31 Å². The van der Waals surface area contributed by atoms with Crippen LogP contribution in [0.5, 0.6) is 0 Å². The lowest BCUT2D eigenvalue weighted by molar-refractivity contribution is -0.122. The number of hydrogen-bond acceptors (Lipinski definition) is 5. The van der Waals surface area contributed by atoms with Gasteiger partial charge in [0.05, 0.1) is 17.5 Å². The van der Waals surface area contributed by atoms with Crippen molar-refractivity contribution in [1.29, 1.82) is 0 Å². The van der Waals surface area contributed by atoms with Crippen LogP contribution in [0.15, 0.2) is 47.4 Å². The zero-order valence-electron chi connectivity index (χ0n) is 19.6. The minimum atomic E-state index is -3.49. The van der Waals surface area contributed by atoms with Crippen molar-refractivity contribution in [1.82, 2.24) is 9.21 Å². The van der Waals surface area contributed by atoms with E-state index < -0.39 is 16.1 Å². The standard InChI is InChI=1S/C24H32N4O4S/c1-17-8-7-9-22(18(17)2)26-23(29)16-27(4)19(3)24(30)25-20-10-12-21(13-11-20)33(31,32)28-14-5-6-15-28/h7-13,19H,5-6,14-16H2,1-4H3,(H,25,30)(H,26,29)/t19-/m1/s1. The third-order valence-corrected chi connectivity index (χ3v) is 8.05. The molecule has 0 unspecified atom stereocenters. The smallest absolute Gasteiger partial charge is 0.243 e. The van der Waals surface area contributed by atoms with Crippen LogP contribution in [0.25, 0.3) is 0 Å². The molecule has 0 radical (unpaired) electrons. The lowest BCUT2D eigenvalue weighted by atomic mass is 10.1. The first-order valence-electron chi connectivity index (χ1n) is 11.1. The summed E-state index contributed by atoms with van der Waals surface area (Å²) in [6.45, 7) is 6.79. The molecule has 1 aliphatic rings. The van der Waals surface area contributed by atoms with Crippen molar-refractivity contribution in [2.24, 2.45) is 0 Å². The maximum absolute atomic E-state index is 12.7. The van der Waals surface area contributed by atoms with Crippen molar-refractivity contribution in [2.45, 2.75) is 44.6 Å². The number of benzene rings is 2. The van der Waals surface area contributed by atoms with Gasteiger partial charge in [-0.3, -0.25) is 14.5 Å². The molecular formula is C24H32N4O4S. The summed E-state index contributed by atoms with van der Waals surface area (Å²) in [4.78, 5) is 27.0. The average Bonchev–Trinajstić information content (AvgIpc) is 3.32. The van der Waals surface area contributed by atoms with E-state index in [1.807, 2.05) is 32.0 Å². The van der Waals surface area contributed by atoms with Crippen molar-refractivity contribution < 1.29 is 18.0 Å². The van der Waals surface area contributed by atoms with Gasteiger partial charge >= 0.3 is 0 Å². The molecule has 3 rings (SSSR count). The molecule has 1 atom stereocenters. The molecule has 2 amide bonds. The highest BCUT2D eigenvalue weighted by Gasteiger charge is 2.27. The van der Waals surface area contributed by atoms with Gasteiger partial charge in [-0.05, 0) is 82.1 Å². The van der Waals surface area contributed by atoms with Crippen molar-refractivity contribution in [3.05, 3.63) is 53.6 Å². The van der Waals surface area contributed by atoms with Gasteiger partial charge in [-0.15, -0.1) is 0 Å². The zero-order chi connectivity index (χ0) is 24.2. The second-order valence-corrected chi connectivity index (χ2v) is 10.4. The van der Waals surface area contributed by atoms with E-state index in [4.69, 9.17) is 0 Å². The highest BCUT2D eigenvalue weighted by molar-refractivity contribution is 7.89. The number of anilines is 2. The van der Waals surface area contributed by atoms with Crippen LogP contribution in [0.4, 0.5) is 11.4 Å². The van der Waals surface area contributed by atoms with Crippen LogP contribution in [-0.4, -0.2) is 62.2 Å². The van der Waals surface area contributed by atoms with E-state index in [0.29, 0.717) is 18.8 Å². The molecular weight excluding hydrogens is 440 g/mol. The first-order chi connectivity index (χ1) is 15.6. The summed E-state index contributed by atoms with van der Waals surface area (Å²) in [5, 5.41) is 5.69. The molecule has 0 spiro atoms. The normalized spacial score (nSPS) is 15.4. The number of aryl methyl sites for hydroxylation is 1. The minimum Gasteiger partial charge on any atom is -0.325 e. The summed E-state index contributed by atoms with van der Waals surface area (Å²) in [7, 11) is -1.78. The van der Waals surface area contributed by atoms with Crippen LogP contribution in [0, 0.1) is 13.8 Å². The Bertz CT molecular complexity index is 1110. The minimum absolute atomic E-state index is 0.0506. The number of nitrogens with zero attached hydrogens (tertiary/aromatic N) is 2. The molecule has 0 bridgehead atoms. The van der Waals surface area contributed by atoms with Gasteiger partial charge in [0.1, 0.15) is 0 Å². The molecule has 2 N–H and O–H groups in total. The number of sulfonamides is 1. The SMILES string of the molecule is Cc1cccc(NC(=O)CN(C)[C@H](C)C(=O)Nc2ccc(S(=O)(=O)N3CCCC3)cc2)c1C. The number of amides is 2. The molecule has 8 nitrogen and oxygen atoms in total. The van der Waals surface area contributed by atoms with Gasteiger partial charge in [-0.1, -0.05) is 12.1 Å². The quantitative estimate of drug-likeness (QED) is 0.615. The summed E-state index contributed by atoms with van der Waals surface area (Å²) >= 11 is 0. The molecule has 0 aliphatic carbocycles. The van der Waals surface area contributed by atoms with Gasteiger partial charge in [0, 0.05) is 24.5 Å². The fourth-order valence-electron chi connectivity index (χ4n) is 3.67. The van der Waals surface area contributed by atoms with Gasteiger partial charge in [0.2, 0.25) is 21.8 Å². The summed E-state index contributed by atoms with van der Waals surface area (Å²) in [6.07, 6.45) is 1.75. The maximum atomic E-state index is 12.7. The van der Waals surface area contributed by atoms with Gasteiger partial charge < -0.3 is 10.6 Å².